The lowest BCUT2D eigenvalue weighted by Gasteiger charge is -2.05. The second-order valence-electron chi connectivity index (χ2n) is 4.25. The molecule has 19 heavy (non-hydrogen) atoms. The predicted octanol–water partition coefficient (Wildman–Crippen LogP) is 1.22. The van der Waals surface area contributed by atoms with E-state index < -0.39 is 0 Å². The van der Waals surface area contributed by atoms with Gasteiger partial charge in [0.2, 0.25) is 5.91 Å². The molecule has 2 aromatic rings. The first kappa shape index (κ1) is 13.1. The number of nitrogens with one attached hydrogen (secondary N) is 2. The SMILES string of the molecule is CNC(=O)CCc1cc2cc(OC)ccc2[nH]c1=O. The normalized spacial score (nSPS) is 10.4. The monoisotopic (exact) mass is 260 g/mol. The van der Waals surface area contributed by atoms with Crippen LogP contribution in [0.4, 0.5) is 0 Å². The Morgan fingerprint density at radius 1 is 1.37 bits per heavy atom. The minimum atomic E-state index is -0.151. The van der Waals surface area contributed by atoms with Crippen LogP contribution in [-0.2, 0) is 11.2 Å². The Morgan fingerprint density at radius 3 is 2.84 bits per heavy atom. The third kappa shape index (κ3) is 2.93. The van der Waals surface area contributed by atoms with Gasteiger partial charge in [-0.25, -0.2) is 0 Å². The molecule has 5 nitrogen and oxygen atoms in total. The molecule has 1 aromatic heterocycles. The maximum atomic E-state index is 11.9. The number of rotatable bonds is 4. The van der Waals surface area contributed by atoms with Crippen molar-refractivity contribution in [2.45, 2.75) is 12.8 Å². The highest BCUT2D eigenvalue weighted by atomic mass is 16.5. The summed E-state index contributed by atoms with van der Waals surface area (Å²) < 4.78 is 5.15. The van der Waals surface area contributed by atoms with E-state index in [1.807, 2.05) is 6.07 Å². The third-order valence-electron chi connectivity index (χ3n) is 3.03. The molecular weight excluding hydrogens is 244 g/mol. The summed E-state index contributed by atoms with van der Waals surface area (Å²) in [5.41, 5.74) is 1.21. The van der Waals surface area contributed by atoms with E-state index in [0.29, 0.717) is 18.4 Å². The second kappa shape index (κ2) is 5.56. The van der Waals surface area contributed by atoms with E-state index in [2.05, 4.69) is 10.3 Å². The summed E-state index contributed by atoms with van der Waals surface area (Å²) in [6, 6.07) is 7.26. The van der Waals surface area contributed by atoms with Crippen molar-refractivity contribution in [3.8, 4) is 5.75 Å². The van der Waals surface area contributed by atoms with E-state index in [1.54, 1.807) is 32.4 Å². The average Bonchev–Trinajstić information content (AvgIpc) is 2.44. The molecule has 0 aliphatic heterocycles. The summed E-state index contributed by atoms with van der Waals surface area (Å²) in [5.74, 6) is 0.655. The van der Waals surface area contributed by atoms with Crippen LogP contribution < -0.4 is 15.6 Å². The number of methoxy groups -OCH3 is 1. The van der Waals surface area contributed by atoms with Gasteiger partial charge in [-0.1, -0.05) is 0 Å². The van der Waals surface area contributed by atoms with Gasteiger partial charge in [-0.3, -0.25) is 9.59 Å². The fraction of sp³-hybridized carbons (Fsp3) is 0.286. The maximum Gasteiger partial charge on any atom is 0.251 e. The molecule has 0 unspecified atom stereocenters. The molecular formula is C14H16N2O3. The molecule has 0 radical (unpaired) electrons. The number of aromatic nitrogens is 1. The predicted molar refractivity (Wildman–Crippen MR) is 73.5 cm³/mol. The summed E-state index contributed by atoms with van der Waals surface area (Å²) in [5, 5.41) is 3.43. The molecule has 100 valence electrons. The van der Waals surface area contributed by atoms with Crippen molar-refractivity contribution in [3.05, 3.63) is 40.2 Å². The number of aryl methyl sites for hydroxylation is 1. The molecule has 1 heterocycles. The van der Waals surface area contributed by atoms with Crippen molar-refractivity contribution in [2.24, 2.45) is 0 Å². The number of amides is 1. The molecule has 2 rings (SSSR count). The van der Waals surface area contributed by atoms with Crippen molar-refractivity contribution in [1.82, 2.24) is 10.3 Å². The Bertz CT molecular complexity index is 661. The van der Waals surface area contributed by atoms with Crippen LogP contribution in [0.5, 0.6) is 5.75 Å². The van der Waals surface area contributed by atoms with Gasteiger partial charge in [0.25, 0.3) is 5.56 Å². The van der Waals surface area contributed by atoms with Crippen LogP contribution in [0.2, 0.25) is 0 Å². The van der Waals surface area contributed by atoms with Gasteiger partial charge >= 0.3 is 0 Å². The highest BCUT2D eigenvalue weighted by Crippen LogP contribution is 2.19. The van der Waals surface area contributed by atoms with Crippen LogP contribution in [0.15, 0.2) is 29.1 Å². The van der Waals surface area contributed by atoms with Gasteiger partial charge in [-0.15, -0.1) is 0 Å². The van der Waals surface area contributed by atoms with Gasteiger partial charge in [0, 0.05) is 29.9 Å². The molecule has 1 aromatic carbocycles. The van der Waals surface area contributed by atoms with Crippen molar-refractivity contribution < 1.29 is 9.53 Å². The summed E-state index contributed by atoms with van der Waals surface area (Å²) >= 11 is 0. The number of carbonyl (C=O) groups is 1. The van der Waals surface area contributed by atoms with Gasteiger partial charge in [0.15, 0.2) is 0 Å². The molecule has 1 amide bonds. The van der Waals surface area contributed by atoms with E-state index in [9.17, 15) is 9.59 Å². The number of H-pyrrole nitrogens is 1. The Kier molecular flexibility index (Phi) is 3.85. The minimum Gasteiger partial charge on any atom is -0.497 e. The van der Waals surface area contributed by atoms with Crippen LogP contribution in [0.1, 0.15) is 12.0 Å². The summed E-state index contributed by atoms with van der Waals surface area (Å²) in [6.45, 7) is 0. The molecule has 0 aliphatic rings. The first-order chi connectivity index (χ1) is 9.13. The standard InChI is InChI=1S/C14H16N2O3/c1-15-13(17)6-3-9-7-10-8-11(19-2)4-5-12(10)16-14(9)18/h4-5,7-8H,3,6H2,1-2H3,(H,15,17)(H,16,18). The van der Waals surface area contributed by atoms with Gasteiger partial charge in [0.1, 0.15) is 5.75 Å². The summed E-state index contributed by atoms with van der Waals surface area (Å²) in [6.07, 6.45) is 0.719. The number of ether oxygens (including phenoxy) is 1. The highest BCUT2D eigenvalue weighted by Gasteiger charge is 2.06. The molecule has 0 atom stereocenters. The Balaban J connectivity index is 2.36. The fourth-order valence-corrected chi connectivity index (χ4v) is 1.92. The number of aromatic amines is 1. The Labute approximate surface area is 110 Å². The van der Waals surface area contributed by atoms with Crippen LogP contribution in [0.25, 0.3) is 10.9 Å². The van der Waals surface area contributed by atoms with Gasteiger partial charge < -0.3 is 15.0 Å². The van der Waals surface area contributed by atoms with Crippen LogP contribution in [0.3, 0.4) is 0 Å². The number of benzene rings is 1. The lowest BCUT2D eigenvalue weighted by Crippen LogP contribution is -2.20. The van der Waals surface area contributed by atoms with Gasteiger partial charge in [0.05, 0.1) is 7.11 Å². The molecule has 5 heteroatoms. The van der Waals surface area contributed by atoms with Crippen molar-refractivity contribution >= 4 is 16.8 Å². The van der Waals surface area contributed by atoms with E-state index in [1.165, 1.54) is 0 Å². The average molecular weight is 260 g/mol. The minimum absolute atomic E-state index is 0.0786. The summed E-state index contributed by atoms with van der Waals surface area (Å²) in [7, 11) is 3.18. The van der Waals surface area contributed by atoms with E-state index >= 15 is 0 Å². The lowest BCUT2D eigenvalue weighted by atomic mass is 10.1. The smallest absolute Gasteiger partial charge is 0.251 e. The van der Waals surface area contributed by atoms with Crippen molar-refractivity contribution in [3.63, 3.8) is 0 Å². The first-order valence-corrected chi connectivity index (χ1v) is 6.04. The number of hydrogen-bond donors (Lipinski definition) is 2. The first-order valence-electron chi connectivity index (χ1n) is 6.04. The topological polar surface area (TPSA) is 71.2 Å². The number of pyridine rings is 1. The Morgan fingerprint density at radius 2 is 2.16 bits per heavy atom. The van der Waals surface area contributed by atoms with Gasteiger partial charge in [-0.05, 0) is 30.7 Å². The highest BCUT2D eigenvalue weighted by molar-refractivity contribution is 5.81. The fourth-order valence-electron chi connectivity index (χ4n) is 1.92. The van der Waals surface area contributed by atoms with E-state index in [4.69, 9.17) is 4.74 Å². The number of carbonyl (C=O) groups excluding carboxylic acids is 1. The van der Waals surface area contributed by atoms with Crippen LogP contribution in [0, 0.1) is 0 Å². The maximum absolute atomic E-state index is 11.9. The zero-order chi connectivity index (χ0) is 13.8. The largest absolute Gasteiger partial charge is 0.497 e. The molecule has 0 bridgehead atoms. The zero-order valence-corrected chi connectivity index (χ0v) is 10.9. The molecule has 0 aliphatic carbocycles. The molecule has 0 fully saturated rings. The Hall–Kier alpha value is -2.30. The van der Waals surface area contributed by atoms with Crippen molar-refractivity contribution in [1.29, 1.82) is 0 Å². The molecule has 0 saturated heterocycles. The lowest BCUT2D eigenvalue weighted by molar-refractivity contribution is -0.120. The number of fused-ring (bicyclic) bond motifs is 1. The quantitative estimate of drug-likeness (QED) is 0.868. The molecule has 0 spiro atoms. The van der Waals surface area contributed by atoms with E-state index in [0.717, 1.165) is 16.7 Å². The molecule has 0 saturated carbocycles. The third-order valence-corrected chi connectivity index (χ3v) is 3.03. The zero-order valence-electron chi connectivity index (χ0n) is 10.9. The van der Waals surface area contributed by atoms with Gasteiger partial charge in [-0.2, -0.15) is 0 Å². The van der Waals surface area contributed by atoms with E-state index in [-0.39, 0.29) is 11.5 Å². The summed E-state index contributed by atoms with van der Waals surface area (Å²) in [4.78, 5) is 25.9. The van der Waals surface area contributed by atoms with Crippen molar-refractivity contribution in [2.75, 3.05) is 14.2 Å². The van der Waals surface area contributed by atoms with Crippen LogP contribution >= 0.6 is 0 Å². The molecule has 2 N–H and O–H groups in total. The number of hydrogen-bond acceptors (Lipinski definition) is 3. The second-order valence-corrected chi connectivity index (χ2v) is 4.25. The van der Waals surface area contributed by atoms with Crippen LogP contribution in [-0.4, -0.2) is 25.0 Å².